The van der Waals surface area contributed by atoms with Gasteiger partial charge in [-0.1, -0.05) is 60.7 Å². The van der Waals surface area contributed by atoms with Crippen LogP contribution in [0.5, 0.6) is 0 Å². The lowest BCUT2D eigenvalue weighted by molar-refractivity contribution is -0.228. The Hall–Kier alpha value is -0.980. The summed E-state index contributed by atoms with van der Waals surface area (Å²) in [4.78, 5) is 0. The highest BCUT2D eigenvalue weighted by Gasteiger charge is 2.60. The monoisotopic (exact) mass is 488 g/mol. The standard InChI is InChI=1S/C26H33O5PS/c1-25(2)28-21-20(27-24-23(22(21)29-25)30-26(3,4)31-24)17-33-16-15-32(18-11-7-5-8-12-18)19-13-9-6-10-14-19/h5-14,20-24H,15-17H2,1-4H3/t20-,21+,22+,23-,24-/m1/s1. The van der Waals surface area contributed by atoms with E-state index < -0.39 is 25.8 Å². The predicted octanol–water partition coefficient (Wildman–Crippen LogP) is 4.25. The van der Waals surface area contributed by atoms with Crippen LogP contribution in [-0.4, -0.2) is 59.9 Å². The molecule has 0 saturated carbocycles. The van der Waals surface area contributed by atoms with Gasteiger partial charge in [0.25, 0.3) is 0 Å². The van der Waals surface area contributed by atoms with E-state index >= 15 is 0 Å². The van der Waals surface area contributed by atoms with Crippen LogP contribution in [0.2, 0.25) is 0 Å². The zero-order valence-electron chi connectivity index (χ0n) is 19.7. The average Bonchev–Trinajstić information content (AvgIpc) is 3.29. The van der Waals surface area contributed by atoms with Crippen molar-refractivity contribution in [2.75, 3.05) is 17.7 Å². The number of hydrogen-bond acceptors (Lipinski definition) is 6. The van der Waals surface area contributed by atoms with Gasteiger partial charge in [-0.15, -0.1) is 0 Å². The minimum Gasteiger partial charge on any atom is -0.343 e. The number of ether oxygens (including phenoxy) is 5. The van der Waals surface area contributed by atoms with Gasteiger partial charge in [-0.2, -0.15) is 11.8 Å². The lowest BCUT2D eigenvalue weighted by atomic mass is 10.00. The van der Waals surface area contributed by atoms with Crippen LogP contribution in [0.4, 0.5) is 0 Å². The molecule has 178 valence electrons. The third-order valence-corrected chi connectivity index (χ3v) is 10.0. The zero-order valence-corrected chi connectivity index (χ0v) is 21.4. The molecule has 0 amide bonds. The molecular formula is C26H33O5PS. The summed E-state index contributed by atoms with van der Waals surface area (Å²) in [6.45, 7) is 7.75. The van der Waals surface area contributed by atoms with Crippen LogP contribution in [0.15, 0.2) is 60.7 Å². The Bertz CT molecular complexity index is 885. The minimum atomic E-state index is -0.681. The smallest absolute Gasteiger partial charge is 0.190 e. The molecule has 5 rings (SSSR count). The summed E-state index contributed by atoms with van der Waals surface area (Å²) in [6.07, 6.45) is -0.00337. The Labute approximate surface area is 202 Å². The van der Waals surface area contributed by atoms with Crippen molar-refractivity contribution in [3.63, 3.8) is 0 Å². The molecule has 2 aromatic rings. The summed E-state index contributed by atoms with van der Waals surface area (Å²) < 4.78 is 31.0. The molecule has 33 heavy (non-hydrogen) atoms. The maximum atomic E-state index is 6.36. The highest BCUT2D eigenvalue weighted by molar-refractivity contribution is 7.99. The fourth-order valence-electron chi connectivity index (χ4n) is 4.81. The van der Waals surface area contributed by atoms with Crippen molar-refractivity contribution in [2.24, 2.45) is 0 Å². The largest absolute Gasteiger partial charge is 0.343 e. The van der Waals surface area contributed by atoms with Crippen molar-refractivity contribution in [3.05, 3.63) is 60.7 Å². The number of benzene rings is 2. The third-order valence-electron chi connectivity index (χ3n) is 6.13. The second-order valence-corrected chi connectivity index (χ2v) is 13.1. The van der Waals surface area contributed by atoms with E-state index in [-0.39, 0.29) is 24.4 Å². The van der Waals surface area contributed by atoms with Gasteiger partial charge in [0, 0.05) is 5.75 Å². The Morgan fingerprint density at radius 2 is 1.27 bits per heavy atom. The fourth-order valence-corrected chi connectivity index (χ4v) is 8.60. The van der Waals surface area contributed by atoms with E-state index in [1.807, 2.05) is 39.5 Å². The van der Waals surface area contributed by atoms with Crippen LogP contribution in [0, 0.1) is 0 Å². The van der Waals surface area contributed by atoms with Gasteiger partial charge in [0.2, 0.25) is 0 Å². The van der Waals surface area contributed by atoms with Gasteiger partial charge < -0.3 is 23.7 Å². The molecule has 7 heteroatoms. The first-order valence-corrected chi connectivity index (χ1v) is 14.3. The molecular weight excluding hydrogens is 455 g/mol. The van der Waals surface area contributed by atoms with Crippen LogP contribution >= 0.6 is 19.7 Å². The van der Waals surface area contributed by atoms with Crippen molar-refractivity contribution < 1.29 is 23.7 Å². The highest BCUT2D eigenvalue weighted by Crippen LogP contribution is 2.44. The topological polar surface area (TPSA) is 46.2 Å². The van der Waals surface area contributed by atoms with Crippen LogP contribution in [0.1, 0.15) is 27.7 Å². The molecule has 5 atom stereocenters. The van der Waals surface area contributed by atoms with Gasteiger partial charge in [0.05, 0.1) is 6.10 Å². The van der Waals surface area contributed by atoms with Crippen molar-refractivity contribution >= 4 is 30.3 Å². The fraction of sp³-hybridized carbons (Fsp3) is 0.538. The molecule has 3 aliphatic rings. The molecule has 0 unspecified atom stereocenters. The van der Waals surface area contributed by atoms with Crippen molar-refractivity contribution in [1.29, 1.82) is 0 Å². The lowest BCUT2D eigenvalue weighted by Gasteiger charge is -2.37. The summed E-state index contributed by atoms with van der Waals surface area (Å²) >= 11 is 1.92. The molecule has 3 fully saturated rings. The Kier molecular flexibility index (Phi) is 6.89. The van der Waals surface area contributed by atoms with Crippen LogP contribution in [0.25, 0.3) is 0 Å². The van der Waals surface area contributed by atoms with Crippen molar-refractivity contribution in [2.45, 2.75) is 70.0 Å². The number of rotatable bonds is 7. The molecule has 3 heterocycles. The van der Waals surface area contributed by atoms with Gasteiger partial charge >= 0.3 is 0 Å². The molecule has 3 aliphatic heterocycles. The van der Waals surface area contributed by atoms with E-state index in [2.05, 4.69) is 60.7 Å². The van der Waals surface area contributed by atoms with Gasteiger partial charge in [-0.05, 0) is 58.1 Å². The first kappa shape index (κ1) is 23.7. The van der Waals surface area contributed by atoms with E-state index in [1.165, 1.54) is 10.6 Å². The average molecular weight is 489 g/mol. The van der Waals surface area contributed by atoms with Crippen molar-refractivity contribution in [1.82, 2.24) is 0 Å². The first-order valence-electron chi connectivity index (χ1n) is 11.6. The maximum absolute atomic E-state index is 6.36. The van der Waals surface area contributed by atoms with Crippen LogP contribution < -0.4 is 10.6 Å². The number of hydrogen-bond donors (Lipinski definition) is 0. The molecule has 0 radical (unpaired) electrons. The van der Waals surface area contributed by atoms with E-state index in [9.17, 15) is 0 Å². The number of fused-ring (bicyclic) bond motifs is 3. The second kappa shape index (κ2) is 9.58. The highest BCUT2D eigenvalue weighted by atomic mass is 32.2. The van der Waals surface area contributed by atoms with E-state index in [4.69, 9.17) is 23.7 Å². The molecule has 0 N–H and O–H groups in total. The molecule has 0 aliphatic carbocycles. The normalized spacial score (nSPS) is 32.0. The van der Waals surface area contributed by atoms with Gasteiger partial charge in [0.15, 0.2) is 17.9 Å². The van der Waals surface area contributed by atoms with Crippen molar-refractivity contribution in [3.8, 4) is 0 Å². The van der Waals surface area contributed by atoms with E-state index in [1.54, 1.807) is 0 Å². The Morgan fingerprint density at radius 3 is 1.91 bits per heavy atom. The van der Waals surface area contributed by atoms with Gasteiger partial charge in [0.1, 0.15) is 18.3 Å². The molecule has 3 saturated heterocycles. The van der Waals surface area contributed by atoms with Gasteiger partial charge in [-0.3, -0.25) is 0 Å². The summed E-state index contributed by atoms with van der Waals surface area (Å²) in [7, 11) is -0.391. The number of thioether (sulfide) groups is 1. The summed E-state index contributed by atoms with van der Waals surface area (Å²) in [5.74, 6) is 0.551. The molecule has 5 nitrogen and oxygen atoms in total. The maximum Gasteiger partial charge on any atom is 0.190 e. The molecule has 0 aromatic heterocycles. The zero-order chi connectivity index (χ0) is 23.1. The molecule has 0 bridgehead atoms. The Balaban J connectivity index is 1.23. The Morgan fingerprint density at radius 1 is 0.727 bits per heavy atom. The van der Waals surface area contributed by atoms with Crippen LogP contribution in [-0.2, 0) is 23.7 Å². The summed E-state index contributed by atoms with van der Waals surface area (Å²) in [5.41, 5.74) is 0. The van der Waals surface area contributed by atoms with E-state index in [0.29, 0.717) is 0 Å². The lowest BCUT2D eigenvalue weighted by Crippen LogP contribution is -2.55. The quantitative estimate of drug-likeness (QED) is 0.429. The SMILES string of the molecule is CC1(C)O[C@H]2[C@@H](O1)[C@@H](CSCCP(c1ccccc1)c1ccccc1)O[C@@H]1OC(C)(C)O[C@@H]12. The third kappa shape index (κ3) is 5.33. The second-order valence-electron chi connectivity index (χ2n) is 9.61. The van der Waals surface area contributed by atoms with Crippen LogP contribution in [0.3, 0.4) is 0 Å². The molecule has 0 spiro atoms. The summed E-state index contributed by atoms with van der Waals surface area (Å²) in [6, 6.07) is 21.7. The molecule has 2 aromatic carbocycles. The first-order chi connectivity index (χ1) is 15.8. The van der Waals surface area contributed by atoms with Gasteiger partial charge in [-0.25, -0.2) is 0 Å². The summed E-state index contributed by atoms with van der Waals surface area (Å²) in [5, 5.41) is 2.84. The van der Waals surface area contributed by atoms with E-state index in [0.717, 1.165) is 17.7 Å². The minimum absolute atomic E-state index is 0.0970. The predicted molar refractivity (Wildman–Crippen MR) is 134 cm³/mol.